The van der Waals surface area contributed by atoms with Gasteiger partial charge >= 0.3 is 5.97 Å². The van der Waals surface area contributed by atoms with Crippen LogP contribution >= 0.6 is 15.9 Å². The first kappa shape index (κ1) is 20.3. The molecule has 0 spiro atoms. The normalized spacial score (nSPS) is 13.5. The molecule has 0 N–H and O–H groups in total. The molecule has 5 nitrogen and oxygen atoms in total. The predicted octanol–water partition coefficient (Wildman–Crippen LogP) is 4.74. The van der Waals surface area contributed by atoms with Crippen molar-refractivity contribution in [1.82, 2.24) is 9.55 Å². The monoisotopic (exact) mass is 456 g/mol. The van der Waals surface area contributed by atoms with Gasteiger partial charge in [-0.3, -0.25) is 0 Å². The van der Waals surface area contributed by atoms with Crippen LogP contribution in [-0.4, -0.2) is 28.7 Å². The van der Waals surface area contributed by atoms with Crippen LogP contribution in [0.3, 0.4) is 0 Å². The molecular formula is C19H16BrF3N2O3. The molecule has 3 rings (SSSR count). The number of halogens is 4. The Morgan fingerprint density at radius 3 is 2.68 bits per heavy atom. The Morgan fingerprint density at radius 1 is 1.21 bits per heavy atom. The minimum atomic E-state index is -1.24. The van der Waals surface area contributed by atoms with Crippen LogP contribution in [-0.2, 0) is 16.0 Å². The van der Waals surface area contributed by atoms with Gasteiger partial charge in [-0.05, 0) is 53.2 Å². The Morgan fingerprint density at radius 2 is 1.96 bits per heavy atom. The van der Waals surface area contributed by atoms with E-state index in [9.17, 15) is 18.0 Å². The zero-order valence-corrected chi connectivity index (χ0v) is 16.5. The molecule has 0 fully saturated rings. The van der Waals surface area contributed by atoms with Crippen LogP contribution in [0.5, 0.6) is 0 Å². The molecule has 2 aromatic carbocycles. The van der Waals surface area contributed by atoms with Crippen LogP contribution in [0.4, 0.5) is 13.2 Å². The Bertz CT molecular complexity index is 1030. The number of ether oxygens (including phenoxy) is 2. The second-order valence-corrected chi connectivity index (χ2v) is 6.99. The van der Waals surface area contributed by atoms with E-state index < -0.39 is 28.4 Å². The predicted molar refractivity (Wildman–Crippen MR) is 99.6 cm³/mol. The van der Waals surface area contributed by atoms with Gasteiger partial charge in [-0.25, -0.2) is 22.9 Å². The second-order valence-electron chi connectivity index (χ2n) is 6.16. The lowest BCUT2D eigenvalue weighted by Gasteiger charge is -2.14. The maximum absolute atomic E-state index is 14.4. The van der Waals surface area contributed by atoms with E-state index in [1.54, 1.807) is 11.7 Å². The highest BCUT2D eigenvalue weighted by Crippen LogP contribution is 2.29. The van der Waals surface area contributed by atoms with Crippen molar-refractivity contribution in [2.24, 2.45) is 0 Å². The third-order valence-electron chi connectivity index (χ3n) is 4.18. The lowest BCUT2D eigenvalue weighted by atomic mass is 10.2. The molecule has 1 unspecified atom stereocenters. The summed E-state index contributed by atoms with van der Waals surface area (Å²) >= 11 is 3.01. The van der Waals surface area contributed by atoms with Crippen LogP contribution in [0.15, 0.2) is 36.7 Å². The van der Waals surface area contributed by atoms with Gasteiger partial charge in [-0.15, -0.1) is 0 Å². The number of aromatic nitrogens is 2. The number of carbonyl (C=O) groups excluding carboxylic acids is 1. The van der Waals surface area contributed by atoms with Gasteiger partial charge in [0.1, 0.15) is 17.2 Å². The quantitative estimate of drug-likeness (QED) is 0.397. The van der Waals surface area contributed by atoms with E-state index in [-0.39, 0.29) is 22.7 Å². The standard InChI is InChI=1S/C19H16BrF3N2O3/c1-10(27-2)8-25-9-24-17-15(23)5-11(6-16(17)25)19(26)28-18(20)13-7-12(21)3-4-14(13)22/h3-7,9-10,18H,8H2,1-2H3/t10-,18?/m1/s1. The van der Waals surface area contributed by atoms with Crippen LogP contribution < -0.4 is 0 Å². The third-order valence-corrected chi connectivity index (χ3v) is 4.86. The summed E-state index contributed by atoms with van der Waals surface area (Å²) in [6, 6.07) is 5.20. The van der Waals surface area contributed by atoms with Gasteiger partial charge in [0.25, 0.3) is 0 Å². The fraction of sp³-hybridized carbons (Fsp3) is 0.263. The number of benzene rings is 2. The SMILES string of the molecule is CO[C@H](C)Cn1cnc2c(F)cc(C(=O)OC(Br)c3cc(F)ccc3F)cc21. The van der Waals surface area contributed by atoms with Gasteiger partial charge in [0.15, 0.2) is 10.8 Å². The van der Waals surface area contributed by atoms with Crippen LogP contribution in [0, 0.1) is 17.5 Å². The minimum Gasteiger partial charge on any atom is -0.442 e. The van der Waals surface area contributed by atoms with Gasteiger partial charge in [0.05, 0.1) is 30.1 Å². The van der Waals surface area contributed by atoms with Gasteiger partial charge in [-0.2, -0.15) is 0 Å². The number of imidazole rings is 1. The van der Waals surface area contributed by atoms with Gasteiger partial charge < -0.3 is 14.0 Å². The first-order chi connectivity index (χ1) is 13.3. The van der Waals surface area contributed by atoms with Gasteiger partial charge in [-0.1, -0.05) is 0 Å². The molecule has 1 heterocycles. The van der Waals surface area contributed by atoms with Crippen molar-refractivity contribution in [3.63, 3.8) is 0 Å². The Balaban J connectivity index is 1.89. The number of alkyl halides is 1. The van der Waals surface area contributed by atoms with Crippen molar-refractivity contribution in [2.75, 3.05) is 7.11 Å². The molecule has 0 bridgehead atoms. The molecule has 3 aromatic rings. The number of methoxy groups -OCH3 is 1. The lowest BCUT2D eigenvalue weighted by molar-refractivity contribution is 0.0462. The molecule has 0 aliphatic heterocycles. The number of fused-ring (bicyclic) bond motifs is 1. The van der Waals surface area contributed by atoms with E-state index in [0.717, 1.165) is 24.3 Å². The number of carbonyl (C=O) groups is 1. The largest absolute Gasteiger partial charge is 0.442 e. The average Bonchev–Trinajstić information content (AvgIpc) is 3.06. The molecule has 0 saturated carbocycles. The molecule has 0 amide bonds. The summed E-state index contributed by atoms with van der Waals surface area (Å²) in [6.45, 7) is 2.24. The lowest BCUT2D eigenvalue weighted by Crippen LogP contribution is -2.14. The average molecular weight is 457 g/mol. The molecule has 0 aliphatic rings. The van der Waals surface area contributed by atoms with Crippen molar-refractivity contribution in [3.8, 4) is 0 Å². The zero-order chi connectivity index (χ0) is 20.4. The highest BCUT2D eigenvalue weighted by atomic mass is 79.9. The van der Waals surface area contributed by atoms with E-state index in [1.165, 1.54) is 12.4 Å². The number of rotatable bonds is 6. The maximum atomic E-state index is 14.4. The Hall–Kier alpha value is -2.39. The Labute approximate surface area is 167 Å². The molecule has 148 valence electrons. The third kappa shape index (κ3) is 4.20. The van der Waals surface area contributed by atoms with E-state index in [2.05, 4.69) is 20.9 Å². The summed E-state index contributed by atoms with van der Waals surface area (Å²) in [5, 5.41) is -1.24. The highest BCUT2D eigenvalue weighted by Gasteiger charge is 2.21. The first-order valence-electron chi connectivity index (χ1n) is 8.27. The molecule has 0 saturated heterocycles. The van der Waals surface area contributed by atoms with Crippen molar-refractivity contribution in [1.29, 1.82) is 0 Å². The van der Waals surface area contributed by atoms with E-state index in [1.807, 2.05) is 6.92 Å². The van der Waals surface area contributed by atoms with E-state index in [0.29, 0.717) is 12.1 Å². The van der Waals surface area contributed by atoms with E-state index in [4.69, 9.17) is 9.47 Å². The smallest absolute Gasteiger partial charge is 0.339 e. The molecule has 0 radical (unpaired) electrons. The first-order valence-corrected chi connectivity index (χ1v) is 9.19. The summed E-state index contributed by atoms with van der Waals surface area (Å²) < 4.78 is 53.5. The highest BCUT2D eigenvalue weighted by molar-refractivity contribution is 9.09. The summed E-state index contributed by atoms with van der Waals surface area (Å²) in [6.07, 6.45) is 1.30. The fourth-order valence-corrected chi connectivity index (χ4v) is 3.17. The van der Waals surface area contributed by atoms with E-state index >= 15 is 0 Å². The minimum absolute atomic E-state index is 0.0851. The fourth-order valence-electron chi connectivity index (χ4n) is 2.65. The van der Waals surface area contributed by atoms with Crippen molar-refractivity contribution >= 4 is 32.9 Å². The second kappa shape index (κ2) is 8.32. The zero-order valence-electron chi connectivity index (χ0n) is 15.0. The van der Waals surface area contributed by atoms with Crippen LogP contribution in [0.25, 0.3) is 11.0 Å². The maximum Gasteiger partial charge on any atom is 0.339 e. The molecular weight excluding hydrogens is 441 g/mol. The summed E-state index contributed by atoms with van der Waals surface area (Å²) in [5.41, 5.74) is 0.220. The summed E-state index contributed by atoms with van der Waals surface area (Å²) in [4.78, 5) is 16.5. The Kier molecular flexibility index (Phi) is 6.04. The number of esters is 1. The number of hydrogen-bond acceptors (Lipinski definition) is 4. The molecule has 28 heavy (non-hydrogen) atoms. The molecule has 0 aliphatic carbocycles. The van der Waals surface area contributed by atoms with Crippen molar-refractivity contribution < 1.29 is 27.4 Å². The summed E-state index contributed by atoms with van der Waals surface area (Å²) in [7, 11) is 1.55. The number of nitrogens with zero attached hydrogens (tertiary/aromatic N) is 2. The van der Waals surface area contributed by atoms with Gasteiger partial charge in [0, 0.05) is 12.7 Å². The molecule has 9 heteroatoms. The van der Waals surface area contributed by atoms with Crippen LogP contribution in [0.1, 0.15) is 27.9 Å². The van der Waals surface area contributed by atoms with Crippen LogP contribution in [0.2, 0.25) is 0 Å². The molecule has 2 atom stereocenters. The summed E-state index contributed by atoms with van der Waals surface area (Å²) in [5.74, 6) is -3.03. The van der Waals surface area contributed by atoms with Gasteiger partial charge in [0.2, 0.25) is 0 Å². The van der Waals surface area contributed by atoms with Crippen molar-refractivity contribution in [2.45, 2.75) is 24.6 Å². The number of hydrogen-bond donors (Lipinski definition) is 0. The topological polar surface area (TPSA) is 53.4 Å². The molecule has 1 aromatic heterocycles. The van der Waals surface area contributed by atoms with Crippen molar-refractivity contribution in [3.05, 3.63) is 65.2 Å².